The first-order valence-electron chi connectivity index (χ1n) is 11.6. The number of carbonyl (C=O) groups excluding carboxylic acids is 1. The van der Waals surface area contributed by atoms with E-state index in [-0.39, 0.29) is 13.2 Å². The number of aliphatic hydroxyl groups excluding tert-OH is 1. The van der Waals surface area contributed by atoms with Crippen molar-refractivity contribution in [3.63, 3.8) is 0 Å². The summed E-state index contributed by atoms with van der Waals surface area (Å²) in [5.41, 5.74) is 5.41. The van der Waals surface area contributed by atoms with E-state index in [1.165, 1.54) is 0 Å². The number of esters is 1. The van der Waals surface area contributed by atoms with E-state index in [0.717, 1.165) is 11.3 Å². The first-order chi connectivity index (χ1) is 17.9. The number of anilines is 1. The second-order valence-electron chi connectivity index (χ2n) is 8.17. The number of rotatable bonds is 11. The third-order valence-electron chi connectivity index (χ3n) is 5.26. The van der Waals surface area contributed by atoms with Crippen LogP contribution in [0.15, 0.2) is 99.3 Å². The number of hydrogen-bond acceptors (Lipinski definition) is 9. The molecule has 3 aromatic rings. The van der Waals surface area contributed by atoms with Crippen LogP contribution in [-0.2, 0) is 9.53 Å². The van der Waals surface area contributed by atoms with Crippen molar-refractivity contribution in [1.29, 1.82) is 5.26 Å². The zero-order chi connectivity index (χ0) is 26.6. The minimum absolute atomic E-state index is 0.0296. The molecule has 0 saturated heterocycles. The summed E-state index contributed by atoms with van der Waals surface area (Å²) in [6.07, 6.45) is 0. The van der Waals surface area contributed by atoms with Crippen molar-refractivity contribution in [3.8, 4) is 6.07 Å². The molecule has 0 fully saturated rings. The lowest BCUT2D eigenvalue weighted by Crippen LogP contribution is -2.31. The third kappa shape index (κ3) is 8.19. The van der Waals surface area contributed by atoms with Gasteiger partial charge >= 0.3 is 5.97 Å². The van der Waals surface area contributed by atoms with Crippen molar-refractivity contribution >= 4 is 34.4 Å². The minimum Gasteiger partial charge on any atom is -0.460 e. The molecule has 3 rings (SSSR count). The van der Waals surface area contributed by atoms with Gasteiger partial charge in [0.25, 0.3) is 0 Å². The summed E-state index contributed by atoms with van der Waals surface area (Å²) in [5, 5.41) is 35.4. The van der Waals surface area contributed by atoms with Crippen LogP contribution < -0.4 is 4.90 Å². The van der Waals surface area contributed by atoms with Gasteiger partial charge in [-0.1, -0.05) is 6.58 Å². The van der Waals surface area contributed by atoms with E-state index in [2.05, 4.69) is 33.1 Å². The fraction of sp³-hybridized carbons (Fsp3) is 0.214. The first-order valence-corrected chi connectivity index (χ1v) is 11.6. The number of nitrogens with zero attached hydrogens (tertiary/aromatic N) is 6. The fourth-order valence-electron chi connectivity index (χ4n) is 3.24. The lowest BCUT2D eigenvalue weighted by atomic mass is 10.2. The summed E-state index contributed by atoms with van der Waals surface area (Å²) in [6.45, 7) is 8.09. The van der Waals surface area contributed by atoms with Gasteiger partial charge in [-0.05, 0) is 86.1 Å². The van der Waals surface area contributed by atoms with Crippen molar-refractivity contribution in [3.05, 3.63) is 90.0 Å². The van der Waals surface area contributed by atoms with Gasteiger partial charge in [0.2, 0.25) is 0 Å². The maximum absolute atomic E-state index is 11.6. The Morgan fingerprint density at radius 1 is 0.946 bits per heavy atom. The Morgan fingerprint density at radius 2 is 1.54 bits per heavy atom. The molecule has 0 bridgehead atoms. The maximum atomic E-state index is 11.6. The van der Waals surface area contributed by atoms with Crippen LogP contribution in [0, 0.1) is 18.3 Å². The third-order valence-corrected chi connectivity index (χ3v) is 5.26. The van der Waals surface area contributed by atoms with Crippen LogP contribution in [0.5, 0.6) is 0 Å². The van der Waals surface area contributed by atoms with E-state index in [0.29, 0.717) is 47.0 Å². The second-order valence-corrected chi connectivity index (χ2v) is 8.17. The molecule has 0 atom stereocenters. The zero-order valence-corrected chi connectivity index (χ0v) is 20.8. The lowest BCUT2D eigenvalue weighted by Gasteiger charge is -2.23. The normalized spacial score (nSPS) is 11.0. The molecule has 0 radical (unpaired) electrons. The van der Waals surface area contributed by atoms with Gasteiger partial charge < -0.3 is 14.7 Å². The van der Waals surface area contributed by atoms with Gasteiger partial charge in [-0.3, -0.25) is 0 Å². The van der Waals surface area contributed by atoms with Gasteiger partial charge in [0, 0.05) is 17.8 Å². The molecule has 0 aliphatic heterocycles. The van der Waals surface area contributed by atoms with Crippen LogP contribution in [0.3, 0.4) is 0 Å². The Bertz CT molecular complexity index is 1330. The molecule has 0 unspecified atom stereocenters. The number of ether oxygens (including phenoxy) is 1. The molecule has 0 saturated carbocycles. The van der Waals surface area contributed by atoms with Crippen LogP contribution in [-0.4, -0.2) is 37.4 Å². The Kier molecular flexibility index (Phi) is 9.76. The summed E-state index contributed by atoms with van der Waals surface area (Å²) in [6, 6.07) is 21.9. The molecule has 0 heterocycles. The van der Waals surface area contributed by atoms with Crippen molar-refractivity contribution in [2.75, 3.05) is 31.2 Å². The summed E-state index contributed by atoms with van der Waals surface area (Å²) in [5.74, 6) is -0.433. The van der Waals surface area contributed by atoms with Gasteiger partial charge in [-0.15, -0.1) is 0 Å². The predicted octanol–water partition coefficient (Wildman–Crippen LogP) is 6.62. The Balaban J connectivity index is 1.62. The molecule has 9 nitrogen and oxygen atoms in total. The number of benzene rings is 3. The number of azo groups is 2. The highest BCUT2D eigenvalue weighted by Crippen LogP contribution is 2.28. The summed E-state index contributed by atoms with van der Waals surface area (Å²) >= 11 is 0. The highest BCUT2D eigenvalue weighted by molar-refractivity contribution is 5.86. The first kappa shape index (κ1) is 26.9. The van der Waals surface area contributed by atoms with Crippen LogP contribution in [0.25, 0.3) is 0 Å². The molecule has 188 valence electrons. The minimum atomic E-state index is -0.433. The summed E-state index contributed by atoms with van der Waals surface area (Å²) < 4.78 is 5.16. The zero-order valence-electron chi connectivity index (χ0n) is 20.8. The maximum Gasteiger partial charge on any atom is 0.333 e. The van der Waals surface area contributed by atoms with E-state index in [4.69, 9.17) is 10.00 Å². The summed E-state index contributed by atoms with van der Waals surface area (Å²) in [7, 11) is 0. The second kappa shape index (κ2) is 13.4. The average Bonchev–Trinajstić information content (AvgIpc) is 2.91. The molecule has 3 aromatic carbocycles. The van der Waals surface area contributed by atoms with E-state index in [9.17, 15) is 9.90 Å². The SMILES string of the molecule is C=C(C)C(=O)OCCN(CCO)c1ccc(N=Nc2ccc(N=Nc3ccc(C#N)cc3)cc2C)cc1. The standard InChI is InChI=1S/C28H28N6O3/c1-20(2)28(36)37-17-15-34(14-16-35)26-11-8-24(9-12-26)31-33-27-13-10-25(18-21(27)3)32-30-23-6-4-22(19-29)5-7-23/h4-13,18,35H,1,14-17H2,2-3H3. The largest absolute Gasteiger partial charge is 0.460 e. The molecule has 1 N–H and O–H groups in total. The van der Waals surface area contributed by atoms with E-state index >= 15 is 0 Å². The van der Waals surface area contributed by atoms with Gasteiger partial charge in [-0.25, -0.2) is 4.79 Å². The van der Waals surface area contributed by atoms with Gasteiger partial charge in [0.05, 0.1) is 47.5 Å². The van der Waals surface area contributed by atoms with E-state index in [1.807, 2.05) is 54.3 Å². The predicted molar refractivity (Wildman–Crippen MR) is 142 cm³/mol. The van der Waals surface area contributed by atoms with Crippen LogP contribution >= 0.6 is 0 Å². The average molecular weight is 497 g/mol. The topological polar surface area (TPSA) is 123 Å². The molecule has 0 spiro atoms. The van der Waals surface area contributed by atoms with Gasteiger partial charge in [0.15, 0.2) is 0 Å². The molecule has 0 amide bonds. The van der Waals surface area contributed by atoms with E-state index < -0.39 is 5.97 Å². The quantitative estimate of drug-likeness (QED) is 0.182. The molecular weight excluding hydrogens is 468 g/mol. The number of aryl methyl sites for hydroxylation is 1. The van der Waals surface area contributed by atoms with Crippen LogP contribution in [0.4, 0.5) is 28.4 Å². The van der Waals surface area contributed by atoms with Crippen molar-refractivity contribution < 1.29 is 14.6 Å². The van der Waals surface area contributed by atoms with Crippen LogP contribution in [0.1, 0.15) is 18.1 Å². The van der Waals surface area contributed by atoms with Crippen molar-refractivity contribution in [1.82, 2.24) is 0 Å². The smallest absolute Gasteiger partial charge is 0.333 e. The molecule has 0 aliphatic carbocycles. The number of nitriles is 1. The Hall–Kier alpha value is -4.68. The highest BCUT2D eigenvalue weighted by Gasteiger charge is 2.09. The van der Waals surface area contributed by atoms with Crippen molar-refractivity contribution in [2.45, 2.75) is 13.8 Å². The van der Waals surface area contributed by atoms with Gasteiger partial charge in [0.1, 0.15) is 6.61 Å². The molecule has 37 heavy (non-hydrogen) atoms. The lowest BCUT2D eigenvalue weighted by molar-refractivity contribution is -0.138. The molecule has 0 aliphatic rings. The van der Waals surface area contributed by atoms with Crippen LogP contribution in [0.2, 0.25) is 0 Å². The molecule has 0 aromatic heterocycles. The Labute approximate surface area is 216 Å². The number of aliphatic hydroxyl groups is 1. The fourth-order valence-corrected chi connectivity index (χ4v) is 3.24. The highest BCUT2D eigenvalue weighted by atomic mass is 16.5. The molecule has 9 heteroatoms. The monoisotopic (exact) mass is 496 g/mol. The van der Waals surface area contributed by atoms with Gasteiger partial charge in [-0.2, -0.15) is 25.7 Å². The number of hydrogen-bond donors (Lipinski definition) is 1. The summed E-state index contributed by atoms with van der Waals surface area (Å²) in [4.78, 5) is 13.5. The Morgan fingerprint density at radius 3 is 2.14 bits per heavy atom. The molecular formula is C28H28N6O3. The van der Waals surface area contributed by atoms with Crippen molar-refractivity contribution in [2.24, 2.45) is 20.5 Å². The number of carbonyl (C=O) groups is 1. The van der Waals surface area contributed by atoms with E-state index in [1.54, 1.807) is 31.2 Å².